The van der Waals surface area contributed by atoms with Crippen LogP contribution < -0.4 is 5.32 Å². The van der Waals surface area contributed by atoms with Crippen LogP contribution in [0.25, 0.3) is 0 Å². The van der Waals surface area contributed by atoms with Crippen molar-refractivity contribution in [3.8, 4) is 0 Å². The van der Waals surface area contributed by atoms with Crippen LogP contribution >= 0.6 is 0 Å². The summed E-state index contributed by atoms with van der Waals surface area (Å²) in [7, 11) is 1.76. The van der Waals surface area contributed by atoms with Crippen LogP contribution in [0.5, 0.6) is 0 Å². The topological polar surface area (TPSA) is 58.1 Å². The minimum Gasteiger partial charge on any atom is -0.340 e. The number of amides is 1. The van der Waals surface area contributed by atoms with E-state index in [1.165, 1.54) is 18.3 Å². The smallest absolute Gasteiger partial charge is 0.272 e. The molecule has 5 nitrogen and oxygen atoms in total. The van der Waals surface area contributed by atoms with Gasteiger partial charge in [0.2, 0.25) is 5.95 Å². The van der Waals surface area contributed by atoms with Crippen molar-refractivity contribution in [2.24, 2.45) is 0 Å². The first-order valence-electron chi connectivity index (χ1n) is 7.21. The lowest BCUT2D eigenvalue weighted by Gasteiger charge is -2.16. The van der Waals surface area contributed by atoms with Gasteiger partial charge in [0.15, 0.2) is 0 Å². The minimum absolute atomic E-state index is 0.141. The average Bonchev–Trinajstić information content (AvgIpc) is 2.54. The first-order valence-corrected chi connectivity index (χ1v) is 7.21. The molecule has 0 saturated heterocycles. The Hall–Kier alpha value is -2.50. The molecule has 1 aromatic heterocycles. The van der Waals surface area contributed by atoms with Crippen molar-refractivity contribution in [2.75, 3.05) is 18.9 Å². The average molecular weight is 302 g/mol. The van der Waals surface area contributed by atoms with Gasteiger partial charge < -0.3 is 10.2 Å². The predicted octanol–water partition coefficient (Wildman–Crippen LogP) is 3.23. The van der Waals surface area contributed by atoms with Crippen molar-refractivity contribution in [1.29, 1.82) is 0 Å². The predicted molar refractivity (Wildman–Crippen MR) is 83.6 cm³/mol. The van der Waals surface area contributed by atoms with Gasteiger partial charge in [-0.2, -0.15) is 0 Å². The molecule has 0 unspecified atom stereocenters. The molecule has 2 aromatic rings. The van der Waals surface area contributed by atoms with E-state index in [0.29, 0.717) is 23.9 Å². The highest BCUT2D eigenvalue weighted by Crippen LogP contribution is 2.13. The normalized spacial score (nSPS) is 10.3. The Labute approximate surface area is 129 Å². The summed E-state index contributed by atoms with van der Waals surface area (Å²) in [6.07, 6.45) is 3.51. The van der Waals surface area contributed by atoms with E-state index in [0.717, 1.165) is 12.8 Å². The molecule has 6 heteroatoms. The van der Waals surface area contributed by atoms with Crippen molar-refractivity contribution >= 4 is 17.5 Å². The Balaban J connectivity index is 2.09. The fraction of sp³-hybridized carbons (Fsp3) is 0.312. The monoisotopic (exact) mass is 302 g/mol. The molecule has 0 aliphatic carbocycles. The molecular formula is C16H19FN4O. The Morgan fingerprint density at radius 2 is 2.00 bits per heavy atom. The fourth-order valence-electron chi connectivity index (χ4n) is 1.89. The van der Waals surface area contributed by atoms with E-state index in [-0.39, 0.29) is 11.7 Å². The van der Waals surface area contributed by atoms with E-state index >= 15 is 0 Å². The second-order valence-corrected chi connectivity index (χ2v) is 4.98. The Kier molecular flexibility index (Phi) is 5.41. The maximum atomic E-state index is 12.9. The third-order valence-corrected chi connectivity index (χ3v) is 3.17. The molecule has 1 heterocycles. The maximum Gasteiger partial charge on any atom is 0.272 e. The number of unbranched alkanes of at least 4 members (excludes halogenated alkanes) is 1. The Morgan fingerprint density at radius 1 is 1.27 bits per heavy atom. The van der Waals surface area contributed by atoms with Crippen LogP contribution in [0.2, 0.25) is 0 Å². The molecule has 0 aliphatic rings. The number of aromatic nitrogens is 2. The lowest BCUT2D eigenvalue weighted by atomic mass is 10.3. The third kappa shape index (κ3) is 4.25. The van der Waals surface area contributed by atoms with E-state index < -0.39 is 0 Å². The van der Waals surface area contributed by atoms with E-state index in [4.69, 9.17) is 0 Å². The van der Waals surface area contributed by atoms with Crippen molar-refractivity contribution in [2.45, 2.75) is 19.8 Å². The number of benzene rings is 1. The minimum atomic E-state index is -0.312. The lowest BCUT2D eigenvalue weighted by Crippen LogP contribution is -2.28. The second-order valence-electron chi connectivity index (χ2n) is 4.98. The number of nitrogens with zero attached hydrogens (tertiary/aromatic N) is 3. The molecular weight excluding hydrogens is 283 g/mol. The van der Waals surface area contributed by atoms with E-state index in [1.54, 1.807) is 30.1 Å². The quantitative estimate of drug-likeness (QED) is 0.890. The van der Waals surface area contributed by atoms with Crippen molar-refractivity contribution in [3.63, 3.8) is 0 Å². The molecule has 0 radical (unpaired) electrons. The second kappa shape index (κ2) is 7.49. The van der Waals surface area contributed by atoms with Crippen LogP contribution in [-0.2, 0) is 0 Å². The zero-order chi connectivity index (χ0) is 15.9. The van der Waals surface area contributed by atoms with Crippen LogP contribution in [0.1, 0.15) is 30.3 Å². The standard InChI is InChI=1S/C16H19FN4O/c1-3-4-11-21(2)15(22)14-9-10-18-16(20-14)19-13-7-5-12(17)6-8-13/h5-10H,3-4,11H2,1-2H3,(H,18,19,20). The van der Waals surface area contributed by atoms with E-state index in [1.807, 2.05) is 0 Å². The van der Waals surface area contributed by atoms with Gasteiger partial charge in [-0.25, -0.2) is 14.4 Å². The number of halogens is 1. The number of rotatable bonds is 6. The van der Waals surface area contributed by atoms with Gasteiger partial charge in [0.25, 0.3) is 5.91 Å². The molecule has 0 saturated carbocycles. The van der Waals surface area contributed by atoms with Crippen LogP contribution in [-0.4, -0.2) is 34.4 Å². The van der Waals surface area contributed by atoms with Gasteiger partial charge in [-0.1, -0.05) is 13.3 Å². The molecule has 0 spiro atoms. The number of hydrogen-bond donors (Lipinski definition) is 1. The summed E-state index contributed by atoms with van der Waals surface area (Å²) in [6, 6.07) is 7.44. The largest absolute Gasteiger partial charge is 0.340 e. The van der Waals surface area contributed by atoms with Crippen LogP contribution in [0.4, 0.5) is 16.0 Å². The highest BCUT2D eigenvalue weighted by molar-refractivity contribution is 5.92. The van der Waals surface area contributed by atoms with Gasteiger partial charge in [0.05, 0.1) is 0 Å². The first-order chi connectivity index (χ1) is 10.6. The number of carbonyl (C=O) groups excluding carboxylic acids is 1. The zero-order valence-electron chi connectivity index (χ0n) is 12.7. The fourth-order valence-corrected chi connectivity index (χ4v) is 1.89. The zero-order valence-corrected chi connectivity index (χ0v) is 12.7. The van der Waals surface area contributed by atoms with Gasteiger partial charge in [-0.15, -0.1) is 0 Å². The van der Waals surface area contributed by atoms with Crippen LogP contribution in [0.15, 0.2) is 36.5 Å². The highest BCUT2D eigenvalue weighted by atomic mass is 19.1. The van der Waals surface area contributed by atoms with E-state index in [9.17, 15) is 9.18 Å². The van der Waals surface area contributed by atoms with Crippen LogP contribution in [0.3, 0.4) is 0 Å². The SMILES string of the molecule is CCCCN(C)C(=O)c1ccnc(Nc2ccc(F)cc2)n1. The summed E-state index contributed by atoms with van der Waals surface area (Å²) in [5.41, 5.74) is 0.989. The molecule has 0 fully saturated rings. The van der Waals surface area contributed by atoms with Gasteiger partial charge in [-0.05, 0) is 36.8 Å². The lowest BCUT2D eigenvalue weighted by molar-refractivity contribution is 0.0787. The Bertz CT molecular complexity index is 630. The number of anilines is 2. The molecule has 1 N–H and O–H groups in total. The summed E-state index contributed by atoms with van der Waals surface area (Å²) >= 11 is 0. The third-order valence-electron chi connectivity index (χ3n) is 3.17. The summed E-state index contributed by atoms with van der Waals surface area (Å²) in [6.45, 7) is 2.77. The maximum absolute atomic E-state index is 12.9. The number of nitrogens with one attached hydrogen (secondary N) is 1. The molecule has 0 aliphatic heterocycles. The number of hydrogen-bond acceptors (Lipinski definition) is 4. The molecule has 1 amide bonds. The highest BCUT2D eigenvalue weighted by Gasteiger charge is 2.13. The number of carbonyl (C=O) groups is 1. The summed E-state index contributed by atoms with van der Waals surface area (Å²) in [5, 5.41) is 2.95. The van der Waals surface area contributed by atoms with Crippen molar-refractivity contribution in [3.05, 3.63) is 48.0 Å². The molecule has 0 bridgehead atoms. The molecule has 1 aromatic carbocycles. The van der Waals surface area contributed by atoms with Gasteiger partial charge in [0.1, 0.15) is 11.5 Å². The summed E-state index contributed by atoms with van der Waals surface area (Å²) < 4.78 is 12.9. The molecule has 116 valence electrons. The summed E-state index contributed by atoms with van der Waals surface area (Å²) in [5.74, 6) is -0.146. The van der Waals surface area contributed by atoms with Gasteiger partial charge >= 0.3 is 0 Å². The van der Waals surface area contributed by atoms with Crippen molar-refractivity contribution in [1.82, 2.24) is 14.9 Å². The molecule has 2 rings (SSSR count). The molecule has 0 atom stereocenters. The van der Waals surface area contributed by atoms with Gasteiger partial charge in [-0.3, -0.25) is 4.79 Å². The van der Waals surface area contributed by atoms with Gasteiger partial charge in [0, 0.05) is 25.5 Å². The Morgan fingerprint density at radius 3 is 2.68 bits per heavy atom. The molecule has 22 heavy (non-hydrogen) atoms. The first kappa shape index (κ1) is 15.9. The summed E-state index contributed by atoms with van der Waals surface area (Å²) in [4.78, 5) is 22.2. The van der Waals surface area contributed by atoms with E-state index in [2.05, 4.69) is 22.2 Å². The van der Waals surface area contributed by atoms with Crippen LogP contribution in [0, 0.1) is 5.82 Å². The van der Waals surface area contributed by atoms with Crippen molar-refractivity contribution < 1.29 is 9.18 Å².